The van der Waals surface area contributed by atoms with Crippen LogP contribution in [0.5, 0.6) is 0 Å². The van der Waals surface area contributed by atoms with Gasteiger partial charge in [0.25, 0.3) is 0 Å². The minimum Gasteiger partial charge on any atom is -0.350 e. The maximum Gasteiger partial charge on any atom is 0.243 e. The van der Waals surface area contributed by atoms with E-state index in [9.17, 15) is 14.0 Å². The van der Waals surface area contributed by atoms with Crippen LogP contribution in [0.3, 0.4) is 0 Å². The van der Waals surface area contributed by atoms with Crippen LogP contribution in [0.4, 0.5) is 4.39 Å². The number of halogens is 3. The third kappa shape index (κ3) is 9.06. The largest absolute Gasteiger partial charge is 0.350 e. The van der Waals surface area contributed by atoms with Gasteiger partial charge in [-0.1, -0.05) is 71.7 Å². The zero-order valence-electron chi connectivity index (χ0n) is 21.1. The van der Waals surface area contributed by atoms with Gasteiger partial charge in [-0.25, -0.2) is 4.39 Å². The minimum absolute atomic E-state index is 0.0618. The second-order valence-corrected chi connectivity index (χ2v) is 11.6. The molecule has 0 spiro atoms. The molecule has 0 saturated carbocycles. The van der Waals surface area contributed by atoms with Crippen LogP contribution in [0.1, 0.15) is 37.5 Å². The zero-order chi connectivity index (χ0) is 27.0. The average Bonchev–Trinajstić information content (AvgIpc) is 2.83. The molecule has 3 aromatic carbocycles. The maximum atomic E-state index is 14.2. The van der Waals surface area contributed by atoms with Crippen LogP contribution >= 0.6 is 35.0 Å². The third-order valence-electron chi connectivity index (χ3n) is 5.57. The van der Waals surface area contributed by atoms with E-state index in [4.69, 9.17) is 23.2 Å². The van der Waals surface area contributed by atoms with Crippen molar-refractivity contribution in [2.24, 2.45) is 0 Å². The number of hydrogen-bond donors (Lipinski definition) is 1. The van der Waals surface area contributed by atoms with Gasteiger partial charge in [0.1, 0.15) is 11.9 Å². The van der Waals surface area contributed by atoms with Gasteiger partial charge in [-0.2, -0.15) is 0 Å². The first-order valence-corrected chi connectivity index (χ1v) is 13.8. The summed E-state index contributed by atoms with van der Waals surface area (Å²) in [7, 11) is 0. The molecule has 3 rings (SSSR count). The van der Waals surface area contributed by atoms with Crippen molar-refractivity contribution >= 4 is 46.8 Å². The van der Waals surface area contributed by atoms with Gasteiger partial charge in [0.05, 0.1) is 5.75 Å². The van der Waals surface area contributed by atoms with Crippen LogP contribution in [0, 0.1) is 5.82 Å². The highest BCUT2D eigenvalue weighted by Gasteiger charge is 2.32. The lowest BCUT2D eigenvalue weighted by Gasteiger charge is -2.34. The second kappa shape index (κ2) is 13.3. The van der Waals surface area contributed by atoms with Gasteiger partial charge in [0, 0.05) is 39.9 Å². The van der Waals surface area contributed by atoms with Crippen molar-refractivity contribution in [2.45, 2.75) is 51.1 Å². The molecule has 4 nitrogen and oxygen atoms in total. The molecule has 8 heteroatoms. The molecule has 0 radical (unpaired) electrons. The number of benzene rings is 3. The lowest BCUT2D eigenvalue weighted by Crippen LogP contribution is -2.54. The number of rotatable bonds is 10. The number of thioether (sulfide) groups is 1. The predicted molar refractivity (Wildman–Crippen MR) is 151 cm³/mol. The van der Waals surface area contributed by atoms with Gasteiger partial charge < -0.3 is 10.2 Å². The summed E-state index contributed by atoms with van der Waals surface area (Å²) < 4.78 is 14.2. The zero-order valence-corrected chi connectivity index (χ0v) is 23.5. The second-order valence-electron chi connectivity index (χ2n) is 9.79. The fourth-order valence-corrected chi connectivity index (χ4v) is 5.16. The number of nitrogens with one attached hydrogen (secondary N) is 1. The van der Waals surface area contributed by atoms with Crippen LogP contribution in [-0.2, 0) is 28.3 Å². The lowest BCUT2D eigenvalue weighted by molar-refractivity contribution is -0.140. The molecule has 0 aromatic heterocycles. The molecule has 1 unspecified atom stereocenters. The molecule has 3 aromatic rings. The van der Waals surface area contributed by atoms with E-state index < -0.39 is 17.4 Å². The first kappa shape index (κ1) is 29.0. The summed E-state index contributed by atoms with van der Waals surface area (Å²) in [5, 5.41) is 3.95. The molecule has 0 saturated heterocycles. The van der Waals surface area contributed by atoms with E-state index in [-0.39, 0.29) is 29.9 Å². The Morgan fingerprint density at radius 3 is 2.24 bits per heavy atom. The Kier molecular flexibility index (Phi) is 10.4. The molecular weight excluding hydrogens is 530 g/mol. The normalized spacial score (nSPS) is 12.2. The van der Waals surface area contributed by atoms with Crippen LogP contribution in [0.2, 0.25) is 10.0 Å². The number of carbonyl (C=O) groups is 2. The molecule has 0 aliphatic rings. The Hall–Kier alpha value is -2.54. The van der Waals surface area contributed by atoms with E-state index in [1.54, 1.807) is 29.2 Å². The van der Waals surface area contributed by atoms with Crippen molar-refractivity contribution in [3.05, 3.63) is 105 Å². The summed E-state index contributed by atoms with van der Waals surface area (Å²) in [5.74, 6) is -0.564. The highest BCUT2D eigenvalue weighted by molar-refractivity contribution is 7.99. The number of amides is 2. The molecule has 1 atom stereocenters. The van der Waals surface area contributed by atoms with Crippen molar-refractivity contribution in [3.63, 3.8) is 0 Å². The van der Waals surface area contributed by atoms with E-state index >= 15 is 0 Å². The first-order valence-electron chi connectivity index (χ1n) is 11.9. The summed E-state index contributed by atoms with van der Waals surface area (Å²) in [6.45, 7) is 5.95. The van der Waals surface area contributed by atoms with Gasteiger partial charge in [0.15, 0.2) is 0 Å². The summed E-state index contributed by atoms with van der Waals surface area (Å²) in [5.41, 5.74) is 1.67. The smallest absolute Gasteiger partial charge is 0.243 e. The van der Waals surface area contributed by atoms with Crippen molar-refractivity contribution in [2.75, 3.05) is 5.75 Å². The summed E-state index contributed by atoms with van der Waals surface area (Å²) in [6, 6.07) is 20.6. The number of hydrogen-bond acceptors (Lipinski definition) is 3. The fourth-order valence-electron chi connectivity index (χ4n) is 3.79. The molecule has 0 aliphatic carbocycles. The van der Waals surface area contributed by atoms with Crippen molar-refractivity contribution in [1.82, 2.24) is 10.2 Å². The van der Waals surface area contributed by atoms with E-state index in [0.717, 1.165) is 11.1 Å². The molecule has 37 heavy (non-hydrogen) atoms. The monoisotopic (exact) mass is 560 g/mol. The summed E-state index contributed by atoms with van der Waals surface area (Å²) in [4.78, 5) is 28.8. The Morgan fingerprint density at radius 1 is 0.946 bits per heavy atom. The molecule has 1 N–H and O–H groups in total. The Balaban J connectivity index is 1.88. The Labute approximate surface area is 232 Å². The van der Waals surface area contributed by atoms with Gasteiger partial charge >= 0.3 is 0 Å². The van der Waals surface area contributed by atoms with E-state index in [0.29, 0.717) is 22.0 Å². The Bertz CT molecular complexity index is 1180. The van der Waals surface area contributed by atoms with Gasteiger partial charge in [-0.15, -0.1) is 11.8 Å². The molecule has 2 amide bonds. The quantitative estimate of drug-likeness (QED) is 0.292. The molecule has 0 aliphatic heterocycles. The van der Waals surface area contributed by atoms with Gasteiger partial charge in [-0.05, 0) is 56.2 Å². The number of nitrogens with zero attached hydrogens (tertiary/aromatic N) is 1. The van der Waals surface area contributed by atoms with Crippen LogP contribution in [-0.4, -0.2) is 34.0 Å². The van der Waals surface area contributed by atoms with Crippen LogP contribution < -0.4 is 5.32 Å². The molecule has 196 valence electrons. The lowest BCUT2D eigenvalue weighted by atomic mass is 10.0. The average molecular weight is 562 g/mol. The maximum absolute atomic E-state index is 14.2. The van der Waals surface area contributed by atoms with Crippen molar-refractivity contribution in [3.8, 4) is 0 Å². The summed E-state index contributed by atoms with van der Waals surface area (Å²) >= 11 is 13.5. The van der Waals surface area contributed by atoms with E-state index in [1.807, 2.05) is 63.2 Å². The summed E-state index contributed by atoms with van der Waals surface area (Å²) in [6.07, 6.45) is 0.353. The topological polar surface area (TPSA) is 49.4 Å². The van der Waals surface area contributed by atoms with E-state index in [1.165, 1.54) is 17.8 Å². The highest BCUT2D eigenvalue weighted by atomic mass is 35.5. The molecular formula is C29H31Cl2FN2O2S. The molecule has 0 heterocycles. The van der Waals surface area contributed by atoms with Crippen molar-refractivity contribution in [1.29, 1.82) is 0 Å². The Morgan fingerprint density at radius 2 is 1.62 bits per heavy atom. The molecule has 0 fully saturated rings. The van der Waals surface area contributed by atoms with E-state index in [2.05, 4.69) is 5.32 Å². The SMILES string of the molecule is CC(C)(C)NC(=O)C(Cc1ccccc1)N(Cc1ccc(Cl)cc1)C(=O)CSCc1c(F)cccc1Cl. The number of carbonyl (C=O) groups excluding carboxylic acids is 2. The van der Waals surface area contributed by atoms with Gasteiger partial charge in [0.2, 0.25) is 11.8 Å². The first-order chi connectivity index (χ1) is 17.5. The molecule has 0 bridgehead atoms. The highest BCUT2D eigenvalue weighted by Crippen LogP contribution is 2.25. The third-order valence-corrected chi connectivity index (χ3v) is 7.12. The standard InChI is InChI=1S/C29H31Cl2FN2O2S/c1-29(2,3)33-28(36)26(16-20-8-5-4-6-9-20)34(17-21-12-14-22(30)15-13-21)27(35)19-37-18-23-24(31)10-7-11-25(23)32/h4-15,26H,16-19H2,1-3H3,(H,33,36). The fraction of sp³-hybridized carbons (Fsp3) is 0.310. The predicted octanol–water partition coefficient (Wildman–Crippen LogP) is 6.92. The van der Waals surface area contributed by atoms with Crippen LogP contribution in [0.15, 0.2) is 72.8 Å². The van der Waals surface area contributed by atoms with Crippen LogP contribution in [0.25, 0.3) is 0 Å². The van der Waals surface area contributed by atoms with Gasteiger partial charge in [-0.3, -0.25) is 9.59 Å². The minimum atomic E-state index is -0.748. The van der Waals surface area contributed by atoms with Crippen molar-refractivity contribution < 1.29 is 14.0 Å².